The van der Waals surface area contributed by atoms with Gasteiger partial charge in [0, 0.05) is 18.6 Å². The van der Waals surface area contributed by atoms with Crippen molar-refractivity contribution in [1.82, 2.24) is 10.2 Å². The summed E-state index contributed by atoms with van der Waals surface area (Å²) in [5, 5.41) is 3.43. The molecule has 2 aliphatic rings. The molecule has 88 valence electrons. The van der Waals surface area contributed by atoms with Gasteiger partial charge in [0.1, 0.15) is 0 Å². The minimum Gasteiger partial charge on any atom is -0.313 e. The first-order valence-corrected chi connectivity index (χ1v) is 7.57. The van der Waals surface area contributed by atoms with Gasteiger partial charge >= 0.3 is 0 Å². The quantitative estimate of drug-likeness (QED) is 0.683. The van der Waals surface area contributed by atoms with Gasteiger partial charge in [0.05, 0.1) is 11.5 Å². The van der Waals surface area contributed by atoms with Crippen LogP contribution >= 0.6 is 0 Å². The number of rotatable bonds is 1. The molecule has 0 saturated carbocycles. The lowest BCUT2D eigenvalue weighted by Crippen LogP contribution is -2.42. The van der Waals surface area contributed by atoms with Gasteiger partial charge in [-0.3, -0.25) is 4.90 Å². The van der Waals surface area contributed by atoms with Crippen molar-refractivity contribution in [2.75, 3.05) is 31.1 Å². The van der Waals surface area contributed by atoms with Crippen molar-refractivity contribution in [3.63, 3.8) is 0 Å². The Morgan fingerprint density at radius 1 is 1.40 bits per heavy atom. The van der Waals surface area contributed by atoms with E-state index in [1.54, 1.807) is 0 Å². The zero-order valence-electron chi connectivity index (χ0n) is 9.28. The Hall–Kier alpha value is -0.130. The van der Waals surface area contributed by atoms with Crippen molar-refractivity contribution in [1.29, 1.82) is 0 Å². The summed E-state index contributed by atoms with van der Waals surface area (Å²) in [5.41, 5.74) is 0. The molecule has 0 aromatic rings. The van der Waals surface area contributed by atoms with Crippen LogP contribution in [-0.4, -0.2) is 56.5 Å². The van der Waals surface area contributed by atoms with Crippen LogP contribution in [0.4, 0.5) is 0 Å². The summed E-state index contributed by atoms with van der Waals surface area (Å²) in [6, 6.07) is 0.758. The van der Waals surface area contributed by atoms with E-state index in [2.05, 4.69) is 17.1 Å². The third-order valence-electron chi connectivity index (χ3n) is 3.35. The highest BCUT2D eigenvalue weighted by Gasteiger charge is 2.32. The first-order chi connectivity index (χ1) is 7.07. The minimum atomic E-state index is -2.74. The van der Waals surface area contributed by atoms with Crippen LogP contribution in [0.3, 0.4) is 0 Å². The van der Waals surface area contributed by atoms with Gasteiger partial charge in [-0.15, -0.1) is 0 Å². The van der Waals surface area contributed by atoms with Gasteiger partial charge in [0.25, 0.3) is 0 Å². The number of sulfone groups is 1. The second-order valence-corrected chi connectivity index (χ2v) is 6.99. The molecule has 2 aliphatic heterocycles. The number of nitrogens with zero attached hydrogens (tertiary/aromatic N) is 1. The third kappa shape index (κ3) is 2.92. The second kappa shape index (κ2) is 4.39. The zero-order valence-corrected chi connectivity index (χ0v) is 10.1. The molecule has 0 radical (unpaired) electrons. The maximum Gasteiger partial charge on any atom is 0.151 e. The third-order valence-corrected chi connectivity index (χ3v) is 5.10. The minimum absolute atomic E-state index is 0.275. The van der Waals surface area contributed by atoms with E-state index in [1.807, 2.05) is 0 Å². The summed E-state index contributed by atoms with van der Waals surface area (Å²) in [4.78, 5) is 2.36. The highest BCUT2D eigenvalue weighted by molar-refractivity contribution is 7.91. The number of hydrogen-bond donors (Lipinski definition) is 1. The molecular formula is C10H20N2O2S. The van der Waals surface area contributed by atoms with E-state index in [4.69, 9.17) is 0 Å². The molecule has 5 heteroatoms. The lowest BCUT2D eigenvalue weighted by atomic mass is 10.2. The standard InChI is InChI=1S/C10H20N2O2S/c1-9-7-12(5-2-4-11-9)10-3-6-15(13,14)8-10/h9-11H,2-8H2,1H3. The van der Waals surface area contributed by atoms with Crippen LogP contribution in [0.25, 0.3) is 0 Å². The molecule has 0 spiro atoms. The number of hydrogen-bond acceptors (Lipinski definition) is 4. The van der Waals surface area contributed by atoms with Crippen LogP contribution in [-0.2, 0) is 9.84 Å². The zero-order chi connectivity index (χ0) is 10.9. The van der Waals surface area contributed by atoms with Crippen LogP contribution in [0.5, 0.6) is 0 Å². The van der Waals surface area contributed by atoms with Gasteiger partial charge in [-0.1, -0.05) is 0 Å². The fraction of sp³-hybridized carbons (Fsp3) is 1.00. The van der Waals surface area contributed by atoms with Crippen LogP contribution in [0.15, 0.2) is 0 Å². The molecule has 1 N–H and O–H groups in total. The topological polar surface area (TPSA) is 49.4 Å². The van der Waals surface area contributed by atoms with Gasteiger partial charge in [-0.2, -0.15) is 0 Å². The van der Waals surface area contributed by atoms with E-state index in [1.165, 1.54) is 0 Å². The Balaban J connectivity index is 1.98. The summed E-state index contributed by atoms with van der Waals surface area (Å²) in [7, 11) is -2.74. The molecule has 0 bridgehead atoms. The van der Waals surface area contributed by atoms with Gasteiger partial charge in [0.15, 0.2) is 9.84 Å². The van der Waals surface area contributed by atoms with E-state index in [0.717, 1.165) is 32.5 Å². The molecule has 2 saturated heterocycles. The average Bonchev–Trinajstić information content (AvgIpc) is 2.39. The Morgan fingerprint density at radius 2 is 2.20 bits per heavy atom. The monoisotopic (exact) mass is 232 g/mol. The summed E-state index contributed by atoms with van der Waals surface area (Å²) in [6.07, 6.45) is 1.95. The second-order valence-electron chi connectivity index (χ2n) is 4.76. The number of nitrogens with one attached hydrogen (secondary N) is 1. The molecule has 4 nitrogen and oxygen atoms in total. The molecule has 0 aromatic carbocycles. The predicted octanol–water partition coefficient (Wildman–Crippen LogP) is -0.143. The smallest absolute Gasteiger partial charge is 0.151 e. The van der Waals surface area contributed by atoms with Gasteiger partial charge in [-0.25, -0.2) is 8.42 Å². The Kier molecular flexibility index (Phi) is 3.33. The van der Waals surface area contributed by atoms with E-state index >= 15 is 0 Å². The molecule has 2 rings (SSSR count). The van der Waals surface area contributed by atoms with E-state index in [9.17, 15) is 8.42 Å². The molecule has 2 fully saturated rings. The average molecular weight is 232 g/mol. The van der Waals surface area contributed by atoms with Crippen molar-refractivity contribution in [3.8, 4) is 0 Å². The highest BCUT2D eigenvalue weighted by Crippen LogP contribution is 2.19. The molecule has 15 heavy (non-hydrogen) atoms. The summed E-state index contributed by atoms with van der Waals surface area (Å²) in [6.45, 7) is 5.25. The van der Waals surface area contributed by atoms with Crippen molar-refractivity contribution < 1.29 is 8.42 Å². The van der Waals surface area contributed by atoms with Crippen LogP contribution in [0.2, 0.25) is 0 Å². The summed E-state index contributed by atoms with van der Waals surface area (Å²) in [5.74, 6) is 0.760. The van der Waals surface area contributed by atoms with Crippen LogP contribution in [0.1, 0.15) is 19.8 Å². The summed E-state index contributed by atoms with van der Waals surface area (Å²) >= 11 is 0. The fourth-order valence-corrected chi connectivity index (χ4v) is 4.29. The molecule has 0 aromatic heterocycles. The van der Waals surface area contributed by atoms with Crippen molar-refractivity contribution >= 4 is 9.84 Å². The Bertz CT molecular complexity index is 315. The summed E-state index contributed by atoms with van der Waals surface area (Å²) < 4.78 is 22.8. The highest BCUT2D eigenvalue weighted by atomic mass is 32.2. The van der Waals surface area contributed by atoms with Crippen LogP contribution in [0, 0.1) is 0 Å². The lowest BCUT2D eigenvalue weighted by molar-refractivity contribution is 0.212. The molecule has 2 unspecified atom stereocenters. The van der Waals surface area contributed by atoms with Gasteiger partial charge in [0.2, 0.25) is 0 Å². The normalized spacial score (nSPS) is 37.7. The van der Waals surface area contributed by atoms with Gasteiger partial charge in [-0.05, 0) is 32.9 Å². The fourth-order valence-electron chi connectivity index (χ4n) is 2.53. The maximum atomic E-state index is 11.4. The molecule has 2 heterocycles. The van der Waals surface area contributed by atoms with E-state index < -0.39 is 9.84 Å². The first kappa shape index (κ1) is 11.4. The molecular weight excluding hydrogens is 212 g/mol. The van der Waals surface area contributed by atoms with Crippen molar-refractivity contribution in [2.45, 2.75) is 31.8 Å². The van der Waals surface area contributed by atoms with E-state index in [-0.39, 0.29) is 6.04 Å². The Morgan fingerprint density at radius 3 is 2.87 bits per heavy atom. The van der Waals surface area contributed by atoms with Crippen LogP contribution < -0.4 is 5.32 Å². The van der Waals surface area contributed by atoms with Crippen molar-refractivity contribution in [2.24, 2.45) is 0 Å². The molecule has 0 aliphatic carbocycles. The first-order valence-electron chi connectivity index (χ1n) is 5.75. The maximum absolute atomic E-state index is 11.4. The lowest BCUT2D eigenvalue weighted by Gasteiger charge is -2.27. The van der Waals surface area contributed by atoms with E-state index in [0.29, 0.717) is 17.5 Å². The SMILES string of the molecule is CC1CN(C2CCS(=O)(=O)C2)CCCN1. The van der Waals surface area contributed by atoms with Gasteiger partial charge < -0.3 is 5.32 Å². The van der Waals surface area contributed by atoms with Crippen molar-refractivity contribution in [3.05, 3.63) is 0 Å². The molecule has 0 amide bonds. The predicted molar refractivity (Wildman–Crippen MR) is 60.7 cm³/mol. The largest absolute Gasteiger partial charge is 0.313 e. The molecule has 2 atom stereocenters. The Labute approximate surface area is 91.9 Å².